The Morgan fingerprint density at radius 1 is 1.24 bits per heavy atom. The first kappa shape index (κ1) is 13.6. The van der Waals surface area contributed by atoms with Gasteiger partial charge in [-0.2, -0.15) is 0 Å². The molecule has 6 heteroatoms. The van der Waals surface area contributed by atoms with E-state index in [2.05, 4.69) is 15.3 Å². The van der Waals surface area contributed by atoms with Crippen molar-refractivity contribution >= 4 is 17.3 Å². The van der Waals surface area contributed by atoms with Crippen LogP contribution < -0.4 is 5.32 Å². The van der Waals surface area contributed by atoms with E-state index in [1.54, 1.807) is 30.9 Å². The first-order chi connectivity index (χ1) is 10.2. The fourth-order valence-corrected chi connectivity index (χ4v) is 2.06. The van der Waals surface area contributed by atoms with Crippen LogP contribution in [0.4, 0.5) is 10.1 Å². The van der Waals surface area contributed by atoms with Gasteiger partial charge in [-0.25, -0.2) is 14.4 Å². The van der Waals surface area contributed by atoms with Gasteiger partial charge in [-0.3, -0.25) is 4.57 Å². The number of nitrogens with zero attached hydrogens (tertiary/aromatic N) is 3. The lowest BCUT2D eigenvalue weighted by atomic mass is 10.2. The number of nitrogens with one attached hydrogen (secondary N) is 1. The average molecular weight is 303 g/mol. The number of aromatic nitrogens is 3. The smallest absolute Gasteiger partial charge is 0.137 e. The zero-order valence-electron chi connectivity index (χ0n) is 11.0. The van der Waals surface area contributed by atoms with Gasteiger partial charge in [0.05, 0.1) is 11.9 Å². The zero-order chi connectivity index (χ0) is 14.7. The largest absolute Gasteiger partial charge is 0.380 e. The molecule has 2 aromatic heterocycles. The van der Waals surface area contributed by atoms with Gasteiger partial charge >= 0.3 is 0 Å². The van der Waals surface area contributed by atoms with E-state index < -0.39 is 0 Å². The molecule has 3 rings (SSSR count). The molecule has 0 fully saturated rings. The van der Waals surface area contributed by atoms with Crippen LogP contribution >= 0.6 is 11.6 Å². The maximum absolute atomic E-state index is 13.7. The summed E-state index contributed by atoms with van der Waals surface area (Å²) in [5.74, 6) is 0.453. The molecular formula is C15H12ClFN4. The van der Waals surface area contributed by atoms with Crippen molar-refractivity contribution in [2.24, 2.45) is 0 Å². The molecule has 4 nitrogen and oxygen atoms in total. The van der Waals surface area contributed by atoms with E-state index in [1.165, 1.54) is 6.07 Å². The highest BCUT2D eigenvalue weighted by molar-refractivity contribution is 6.30. The topological polar surface area (TPSA) is 42.7 Å². The number of hydrogen-bond acceptors (Lipinski definition) is 3. The van der Waals surface area contributed by atoms with E-state index in [0.29, 0.717) is 17.1 Å². The molecular weight excluding hydrogens is 291 g/mol. The van der Waals surface area contributed by atoms with E-state index in [4.69, 9.17) is 11.6 Å². The summed E-state index contributed by atoms with van der Waals surface area (Å²) in [7, 11) is 0. The van der Waals surface area contributed by atoms with Gasteiger partial charge in [0.1, 0.15) is 18.0 Å². The normalized spacial score (nSPS) is 10.6. The summed E-state index contributed by atoms with van der Waals surface area (Å²) < 4.78 is 15.5. The molecule has 3 aromatic rings. The molecule has 0 saturated heterocycles. The summed E-state index contributed by atoms with van der Waals surface area (Å²) in [6.45, 7) is 0.370. The van der Waals surface area contributed by atoms with E-state index in [1.807, 2.05) is 22.9 Å². The van der Waals surface area contributed by atoms with Crippen LogP contribution in [-0.2, 0) is 6.54 Å². The molecule has 0 aliphatic carbocycles. The van der Waals surface area contributed by atoms with E-state index in [-0.39, 0.29) is 5.82 Å². The molecule has 0 amide bonds. The summed E-state index contributed by atoms with van der Waals surface area (Å²) >= 11 is 5.72. The van der Waals surface area contributed by atoms with Crippen LogP contribution in [0.1, 0.15) is 5.56 Å². The van der Waals surface area contributed by atoms with Crippen molar-refractivity contribution in [1.29, 1.82) is 0 Å². The van der Waals surface area contributed by atoms with Gasteiger partial charge < -0.3 is 5.32 Å². The van der Waals surface area contributed by atoms with Crippen molar-refractivity contribution in [2.45, 2.75) is 6.54 Å². The summed E-state index contributed by atoms with van der Waals surface area (Å²) in [6.07, 6.45) is 6.89. The Morgan fingerprint density at radius 3 is 2.81 bits per heavy atom. The highest BCUT2D eigenvalue weighted by Crippen LogP contribution is 2.16. The standard InChI is InChI=1S/C15H12ClFN4/c16-12-2-1-11(14(17)7-12)8-19-13-3-4-15(20-9-13)21-6-5-18-10-21/h1-7,9-10,19H,8H2. The van der Waals surface area contributed by atoms with Crippen LogP contribution in [-0.4, -0.2) is 14.5 Å². The number of halogens is 2. The Bertz CT molecular complexity index is 726. The minimum absolute atomic E-state index is 0.321. The lowest BCUT2D eigenvalue weighted by Gasteiger charge is -2.08. The van der Waals surface area contributed by atoms with Crippen molar-refractivity contribution in [3.8, 4) is 5.82 Å². The summed E-state index contributed by atoms with van der Waals surface area (Å²) in [5.41, 5.74) is 1.37. The number of rotatable bonds is 4. The van der Waals surface area contributed by atoms with Crippen molar-refractivity contribution in [3.63, 3.8) is 0 Å². The highest BCUT2D eigenvalue weighted by Gasteiger charge is 2.03. The third-order valence-electron chi connectivity index (χ3n) is 3.01. The lowest BCUT2D eigenvalue weighted by molar-refractivity contribution is 0.613. The number of imidazole rings is 1. The van der Waals surface area contributed by atoms with Gasteiger partial charge in [-0.05, 0) is 24.3 Å². The summed E-state index contributed by atoms with van der Waals surface area (Å²) in [4.78, 5) is 8.28. The average Bonchev–Trinajstić information content (AvgIpc) is 3.01. The van der Waals surface area contributed by atoms with Crippen molar-refractivity contribution in [1.82, 2.24) is 14.5 Å². The predicted octanol–water partition coefficient (Wildman–Crippen LogP) is 3.67. The molecule has 0 bridgehead atoms. The SMILES string of the molecule is Fc1cc(Cl)ccc1CNc1ccc(-n2ccnc2)nc1. The van der Waals surface area contributed by atoms with Crippen LogP contribution in [0.2, 0.25) is 5.02 Å². The monoisotopic (exact) mass is 302 g/mol. The molecule has 106 valence electrons. The van der Waals surface area contributed by atoms with Crippen molar-refractivity contribution < 1.29 is 4.39 Å². The zero-order valence-corrected chi connectivity index (χ0v) is 11.8. The molecule has 21 heavy (non-hydrogen) atoms. The highest BCUT2D eigenvalue weighted by atomic mass is 35.5. The van der Waals surface area contributed by atoms with E-state index in [9.17, 15) is 4.39 Å². The molecule has 0 aliphatic rings. The number of hydrogen-bond donors (Lipinski definition) is 1. The molecule has 0 atom stereocenters. The lowest BCUT2D eigenvalue weighted by Crippen LogP contribution is -2.03. The molecule has 0 saturated carbocycles. The van der Waals surface area contributed by atoms with E-state index in [0.717, 1.165) is 11.5 Å². The van der Waals surface area contributed by atoms with Crippen LogP contribution in [0, 0.1) is 5.82 Å². The van der Waals surface area contributed by atoms with Gasteiger partial charge in [0, 0.05) is 29.5 Å². The summed E-state index contributed by atoms with van der Waals surface area (Å²) in [6, 6.07) is 8.39. The second-order valence-electron chi connectivity index (χ2n) is 4.46. The maximum Gasteiger partial charge on any atom is 0.137 e. The Balaban J connectivity index is 1.68. The van der Waals surface area contributed by atoms with E-state index >= 15 is 0 Å². The van der Waals surface area contributed by atoms with Crippen LogP contribution in [0.3, 0.4) is 0 Å². The van der Waals surface area contributed by atoms with Gasteiger partial charge in [-0.1, -0.05) is 17.7 Å². The molecule has 2 heterocycles. The number of benzene rings is 1. The molecule has 1 aromatic carbocycles. The maximum atomic E-state index is 13.7. The predicted molar refractivity (Wildman–Crippen MR) is 80.1 cm³/mol. The molecule has 0 unspecified atom stereocenters. The van der Waals surface area contributed by atoms with Crippen molar-refractivity contribution in [3.05, 3.63) is 71.7 Å². The van der Waals surface area contributed by atoms with Gasteiger partial charge in [0.2, 0.25) is 0 Å². The van der Waals surface area contributed by atoms with Crippen molar-refractivity contribution in [2.75, 3.05) is 5.32 Å². The van der Waals surface area contributed by atoms with Crippen LogP contribution in [0.15, 0.2) is 55.2 Å². The van der Waals surface area contributed by atoms with Gasteiger partial charge in [0.25, 0.3) is 0 Å². The third-order valence-corrected chi connectivity index (χ3v) is 3.25. The van der Waals surface area contributed by atoms with Gasteiger partial charge in [0.15, 0.2) is 0 Å². The fourth-order valence-electron chi connectivity index (χ4n) is 1.90. The Kier molecular flexibility index (Phi) is 3.83. The molecule has 0 spiro atoms. The minimum Gasteiger partial charge on any atom is -0.380 e. The fraction of sp³-hybridized carbons (Fsp3) is 0.0667. The number of anilines is 1. The van der Waals surface area contributed by atoms with Crippen LogP contribution in [0.5, 0.6) is 0 Å². The summed E-state index contributed by atoms with van der Waals surface area (Å²) in [5, 5.41) is 3.51. The number of pyridine rings is 1. The molecule has 0 aliphatic heterocycles. The molecule has 0 radical (unpaired) electrons. The Morgan fingerprint density at radius 2 is 2.14 bits per heavy atom. The van der Waals surface area contributed by atoms with Crippen LogP contribution in [0.25, 0.3) is 5.82 Å². The third kappa shape index (κ3) is 3.20. The molecule has 1 N–H and O–H groups in total. The van der Waals surface area contributed by atoms with Gasteiger partial charge in [-0.15, -0.1) is 0 Å². The Hall–Kier alpha value is -2.40. The first-order valence-electron chi connectivity index (χ1n) is 6.34. The Labute approximate surface area is 126 Å². The second kappa shape index (κ2) is 5.93. The quantitative estimate of drug-likeness (QED) is 0.799. The first-order valence-corrected chi connectivity index (χ1v) is 6.72. The minimum atomic E-state index is -0.321. The second-order valence-corrected chi connectivity index (χ2v) is 4.90.